The van der Waals surface area contributed by atoms with E-state index in [0.717, 1.165) is 15.6 Å². The van der Waals surface area contributed by atoms with Gasteiger partial charge in [0.1, 0.15) is 5.75 Å². The molecule has 1 aromatic carbocycles. The maximum Gasteiger partial charge on any atom is 0.338 e. The Morgan fingerprint density at radius 3 is 2.21 bits per heavy atom. The Morgan fingerprint density at radius 1 is 1.21 bits per heavy atom. The van der Waals surface area contributed by atoms with Crippen LogP contribution in [0.25, 0.3) is 0 Å². The fourth-order valence-electron chi connectivity index (χ4n) is 1.55. The molecule has 19 heavy (non-hydrogen) atoms. The van der Waals surface area contributed by atoms with Crippen LogP contribution in [0, 0.1) is 13.8 Å². The first-order valence-corrected chi connectivity index (χ1v) is 6.26. The van der Waals surface area contributed by atoms with Gasteiger partial charge >= 0.3 is 12.0 Å². The van der Waals surface area contributed by atoms with Crippen molar-refractivity contribution in [2.75, 3.05) is 0 Å². The molecule has 0 atom stereocenters. The lowest BCUT2D eigenvalue weighted by atomic mass is 10.1. The molecule has 2 aromatic rings. The summed E-state index contributed by atoms with van der Waals surface area (Å²) in [6, 6.07) is 3.82. The van der Waals surface area contributed by atoms with Crippen LogP contribution in [0.1, 0.15) is 21.5 Å². The van der Waals surface area contributed by atoms with E-state index in [0.29, 0.717) is 5.75 Å². The highest BCUT2D eigenvalue weighted by Crippen LogP contribution is 2.28. The van der Waals surface area contributed by atoms with E-state index in [-0.39, 0.29) is 11.6 Å². The highest BCUT2D eigenvalue weighted by atomic mass is 79.9. The van der Waals surface area contributed by atoms with Crippen molar-refractivity contribution in [2.45, 2.75) is 13.8 Å². The molecular formula is C13H11BrN2O3. The molecule has 0 spiro atoms. The Labute approximate surface area is 118 Å². The van der Waals surface area contributed by atoms with Crippen LogP contribution in [-0.4, -0.2) is 21.0 Å². The number of hydrogen-bond donors (Lipinski definition) is 1. The number of carbonyl (C=O) groups is 1. The molecule has 2 rings (SSSR count). The second kappa shape index (κ2) is 5.36. The molecule has 0 saturated carbocycles. The molecule has 0 fully saturated rings. The third kappa shape index (κ3) is 3.08. The lowest BCUT2D eigenvalue weighted by molar-refractivity contribution is 0.0696. The van der Waals surface area contributed by atoms with Gasteiger partial charge < -0.3 is 9.84 Å². The summed E-state index contributed by atoms with van der Waals surface area (Å²) in [6.45, 7) is 3.91. The summed E-state index contributed by atoms with van der Waals surface area (Å²) in [5, 5.41) is 8.74. The normalized spacial score (nSPS) is 10.3. The summed E-state index contributed by atoms with van der Waals surface area (Å²) < 4.78 is 6.52. The molecule has 0 unspecified atom stereocenters. The number of nitrogens with zero attached hydrogens (tertiary/aromatic N) is 2. The molecule has 5 nitrogen and oxygen atoms in total. The van der Waals surface area contributed by atoms with E-state index in [2.05, 4.69) is 25.9 Å². The number of carboxylic acids is 1. The Morgan fingerprint density at radius 2 is 1.74 bits per heavy atom. The minimum atomic E-state index is -1.07. The van der Waals surface area contributed by atoms with Crippen LogP contribution in [0.5, 0.6) is 11.8 Å². The van der Waals surface area contributed by atoms with Crippen LogP contribution < -0.4 is 4.74 Å². The maximum absolute atomic E-state index is 10.7. The Bertz CT molecular complexity index is 603. The van der Waals surface area contributed by atoms with Crippen LogP contribution in [-0.2, 0) is 0 Å². The van der Waals surface area contributed by atoms with Gasteiger partial charge in [-0.15, -0.1) is 0 Å². The summed E-state index contributed by atoms with van der Waals surface area (Å²) in [7, 11) is 0. The number of benzene rings is 1. The van der Waals surface area contributed by atoms with E-state index >= 15 is 0 Å². The number of hydrogen-bond acceptors (Lipinski definition) is 4. The fraction of sp³-hybridized carbons (Fsp3) is 0.154. The smallest absolute Gasteiger partial charge is 0.338 e. The van der Waals surface area contributed by atoms with Crippen molar-refractivity contribution < 1.29 is 14.6 Å². The monoisotopic (exact) mass is 322 g/mol. The first-order chi connectivity index (χ1) is 8.97. The van der Waals surface area contributed by atoms with Crippen molar-refractivity contribution in [3.8, 4) is 11.8 Å². The van der Waals surface area contributed by atoms with Crippen molar-refractivity contribution in [3.63, 3.8) is 0 Å². The first-order valence-electron chi connectivity index (χ1n) is 5.47. The fourth-order valence-corrected chi connectivity index (χ4v) is 1.78. The molecule has 0 amide bonds. The average Bonchev–Trinajstić information content (AvgIpc) is 2.36. The van der Waals surface area contributed by atoms with Crippen LogP contribution in [0.15, 0.2) is 29.0 Å². The molecule has 1 N–H and O–H groups in total. The number of carboxylic acid groups (broad SMARTS) is 1. The summed E-state index contributed by atoms with van der Waals surface area (Å²) in [4.78, 5) is 18.4. The van der Waals surface area contributed by atoms with Crippen LogP contribution in [0.2, 0.25) is 0 Å². The van der Waals surface area contributed by atoms with Crippen LogP contribution in [0.4, 0.5) is 0 Å². The quantitative estimate of drug-likeness (QED) is 0.938. The van der Waals surface area contributed by atoms with E-state index < -0.39 is 5.97 Å². The van der Waals surface area contributed by atoms with Gasteiger partial charge in [-0.05, 0) is 37.1 Å². The largest absolute Gasteiger partial charge is 0.478 e. The predicted octanol–water partition coefficient (Wildman–Crippen LogP) is 3.35. The molecule has 1 heterocycles. The van der Waals surface area contributed by atoms with Gasteiger partial charge in [0.05, 0.1) is 5.56 Å². The van der Waals surface area contributed by atoms with Crippen LogP contribution >= 0.6 is 15.9 Å². The zero-order chi connectivity index (χ0) is 14.0. The zero-order valence-corrected chi connectivity index (χ0v) is 11.9. The van der Waals surface area contributed by atoms with Crippen molar-refractivity contribution >= 4 is 21.9 Å². The third-order valence-electron chi connectivity index (χ3n) is 2.49. The lowest BCUT2D eigenvalue weighted by Crippen LogP contribution is -2.00. The molecule has 0 aliphatic carbocycles. The molecule has 0 aliphatic heterocycles. The van der Waals surface area contributed by atoms with Crippen molar-refractivity contribution in [1.82, 2.24) is 9.97 Å². The highest BCUT2D eigenvalue weighted by molar-refractivity contribution is 9.10. The van der Waals surface area contributed by atoms with Crippen LogP contribution in [0.3, 0.4) is 0 Å². The second-order valence-corrected chi connectivity index (χ2v) is 4.83. The van der Waals surface area contributed by atoms with E-state index in [1.54, 1.807) is 0 Å². The van der Waals surface area contributed by atoms with E-state index in [4.69, 9.17) is 9.84 Å². The van der Waals surface area contributed by atoms with Gasteiger partial charge in [-0.1, -0.05) is 15.9 Å². The number of rotatable bonds is 3. The van der Waals surface area contributed by atoms with Crippen molar-refractivity contribution in [2.24, 2.45) is 0 Å². The highest BCUT2D eigenvalue weighted by Gasteiger charge is 2.08. The zero-order valence-electron chi connectivity index (χ0n) is 10.3. The minimum Gasteiger partial charge on any atom is -0.478 e. The van der Waals surface area contributed by atoms with Gasteiger partial charge in [0.2, 0.25) is 0 Å². The summed E-state index contributed by atoms with van der Waals surface area (Å²) >= 11 is 3.47. The Hall–Kier alpha value is -1.95. The van der Waals surface area contributed by atoms with E-state index in [9.17, 15) is 4.79 Å². The molecular weight excluding hydrogens is 312 g/mol. The van der Waals surface area contributed by atoms with Gasteiger partial charge in [0, 0.05) is 16.9 Å². The number of halogens is 1. The Kier molecular flexibility index (Phi) is 3.80. The van der Waals surface area contributed by atoms with E-state index in [1.807, 2.05) is 26.0 Å². The SMILES string of the molecule is Cc1cc(Oc2ncc(C(=O)O)cn2)cc(C)c1Br. The molecule has 6 heteroatoms. The van der Waals surface area contributed by atoms with E-state index in [1.165, 1.54) is 12.4 Å². The molecule has 0 radical (unpaired) electrons. The second-order valence-electron chi connectivity index (χ2n) is 4.03. The van der Waals surface area contributed by atoms with Crippen molar-refractivity contribution in [1.29, 1.82) is 0 Å². The topological polar surface area (TPSA) is 72.3 Å². The summed E-state index contributed by atoms with van der Waals surface area (Å²) in [6.07, 6.45) is 2.42. The van der Waals surface area contributed by atoms with Gasteiger partial charge in [-0.25, -0.2) is 14.8 Å². The Balaban J connectivity index is 2.24. The summed E-state index contributed by atoms with van der Waals surface area (Å²) in [5.41, 5.74) is 2.10. The maximum atomic E-state index is 10.7. The molecule has 1 aromatic heterocycles. The molecule has 0 saturated heterocycles. The molecule has 0 aliphatic rings. The average molecular weight is 323 g/mol. The van der Waals surface area contributed by atoms with Crippen molar-refractivity contribution in [3.05, 3.63) is 45.7 Å². The minimum absolute atomic E-state index is 0.0236. The van der Waals surface area contributed by atoms with Gasteiger partial charge in [0.25, 0.3) is 0 Å². The van der Waals surface area contributed by atoms with Gasteiger partial charge in [0.15, 0.2) is 0 Å². The van der Waals surface area contributed by atoms with Gasteiger partial charge in [-0.2, -0.15) is 0 Å². The molecule has 0 bridgehead atoms. The first kappa shape index (κ1) is 13.5. The number of aromatic carboxylic acids is 1. The number of ether oxygens (including phenoxy) is 1. The summed E-state index contributed by atoms with van der Waals surface area (Å²) in [5.74, 6) is -0.455. The predicted molar refractivity (Wildman–Crippen MR) is 72.7 cm³/mol. The lowest BCUT2D eigenvalue weighted by Gasteiger charge is -2.08. The number of aromatic nitrogens is 2. The number of aryl methyl sites for hydroxylation is 2. The molecule has 98 valence electrons. The third-order valence-corrected chi connectivity index (χ3v) is 3.75. The van der Waals surface area contributed by atoms with Gasteiger partial charge in [-0.3, -0.25) is 0 Å². The standard InChI is InChI=1S/C13H11BrN2O3/c1-7-3-10(4-8(2)11(7)14)19-13-15-5-9(6-16-13)12(17)18/h3-6H,1-2H3,(H,17,18).